The Hall–Kier alpha value is -1.57. The Morgan fingerprint density at radius 1 is 1.24 bits per heavy atom. The molecule has 1 saturated heterocycles. The number of carbonyl (C=O) groups excluding carboxylic acids is 1. The minimum absolute atomic E-state index is 0.0103. The Morgan fingerprint density at radius 2 is 2.00 bits per heavy atom. The van der Waals surface area contributed by atoms with Gasteiger partial charge >= 0.3 is 0 Å². The van der Waals surface area contributed by atoms with E-state index in [0.29, 0.717) is 6.42 Å². The fraction of sp³-hybridized carbons (Fsp3) is 0.389. The Morgan fingerprint density at radius 3 is 2.64 bits per heavy atom. The second-order valence-electron chi connectivity index (χ2n) is 6.11. The van der Waals surface area contributed by atoms with E-state index >= 15 is 0 Å². The standard InChI is InChI=1S/C18H22BrN3O2S/c1-21-7-9-22(10-8-21)15-11-13(3-5-16(15)24-2)20-18(23)12-14-4-6-17(19)25-14/h3-6,11H,7-10,12H2,1-2H3,(H,20,23). The van der Waals surface area contributed by atoms with Crippen LogP contribution in [-0.2, 0) is 11.2 Å². The predicted molar refractivity (Wildman–Crippen MR) is 107 cm³/mol. The second kappa shape index (κ2) is 8.21. The summed E-state index contributed by atoms with van der Waals surface area (Å²) in [5.74, 6) is 0.827. The molecule has 0 aliphatic carbocycles. The Balaban J connectivity index is 1.71. The molecule has 0 spiro atoms. The lowest BCUT2D eigenvalue weighted by Crippen LogP contribution is -2.44. The molecule has 0 radical (unpaired) electrons. The summed E-state index contributed by atoms with van der Waals surface area (Å²) >= 11 is 5.01. The quantitative estimate of drug-likeness (QED) is 0.799. The van der Waals surface area contributed by atoms with Crippen molar-refractivity contribution in [1.82, 2.24) is 4.90 Å². The molecule has 1 N–H and O–H groups in total. The highest BCUT2D eigenvalue weighted by Gasteiger charge is 2.18. The lowest BCUT2D eigenvalue weighted by atomic mass is 10.2. The van der Waals surface area contributed by atoms with Gasteiger partial charge < -0.3 is 19.9 Å². The number of carbonyl (C=O) groups is 1. The van der Waals surface area contributed by atoms with Gasteiger partial charge in [0.1, 0.15) is 5.75 Å². The molecule has 0 bridgehead atoms. The number of benzene rings is 1. The molecule has 1 aliphatic rings. The molecule has 7 heteroatoms. The number of ether oxygens (including phenoxy) is 1. The van der Waals surface area contributed by atoms with Crippen LogP contribution in [0.2, 0.25) is 0 Å². The van der Waals surface area contributed by atoms with E-state index in [1.54, 1.807) is 18.4 Å². The van der Waals surface area contributed by atoms with Crippen LogP contribution in [0.4, 0.5) is 11.4 Å². The summed E-state index contributed by atoms with van der Waals surface area (Å²) in [4.78, 5) is 18.0. The molecule has 1 amide bonds. The number of anilines is 2. The smallest absolute Gasteiger partial charge is 0.229 e. The second-order valence-corrected chi connectivity index (χ2v) is 8.66. The number of nitrogens with one attached hydrogen (secondary N) is 1. The SMILES string of the molecule is COc1ccc(NC(=O)Cc2ccc(Br)s2)cc1N1CCN(C)CC1. The zero-order valence-corrected chi connectivity index (χ0v) is 16.8. The topological polar surface area (TPSA) is 44.8 Å². The maximum absolute atomic E-state index is 12.3. The molecule has 134 valence electrons. The van der Waals surface area contributed by atoms with Crippen LogP contribution in [0, 0.1) is 0 Å². The van der Waals surface area contributed by atoms with Crippen LogP contribution in [0.3, 0.4) is 0 Å². The lowest BCUT2D eigenvalue weighted by Gasteiger charge is -2.34. The molecule has 25 heavy (non-hydrogen) atoms. The van der Waals surface area contributed by atoms with Crippen molar-refractivity contribution >= 4 is 44.5 Å². The van der Waals surface area contributed by atoms with Gasteiger partial charge in [0.05, 0.1) is 23.0 Å². The first-order valence-corrected chi connectivity index (χ1v) is 9.81. The van der Waals surface area contributed by atoms with E-state index in [9.17, 15) is 4.79 Å². The van der Waals surface area contributed by atoms with E-state index in [1.165, 1.54) is 0 Å². The van der Waals surface area contributed by atoms with Crippen molar-refractivity contribution < 1.29 is 9.53 Å². The number of hydrogen-bond donors (Lipinski definition) is 1. The summed E-state index contributed by atoms with van der Waals surface area (Å²) in [6, 6.07) is 9.75. The Bertz CT molecular complexity index is 742. The average molecular weight is 424 g/mol. The molecular weight excluding hydrogens is 402 g/mol. The largest absolute Gasteiger partial charge is 0.495 e. The monoisotopic (exact) mass is 423 g/mol. The molecule has 2 heterocycles. The van der Waals surface area contributed by atoms with Gasteiger partial charge in [-0.25, -0.2) is 0 Å². The summed E-state index contributed by atoms with van der Waals surface area (Å²) in [6.07, 6.45) is 0.381. The van der Waals surface area contributed by atoms with Crippen LogP contribution in [0.1, 0.15) is 4.88 Å². The van der Waals surface area contributed by atoms with Crippen LogP contribution < -0.4 is 15.0 Å². The fourth-order valence-corrected chi connectivity index (χ4v) is 4.35. The van der Waals surface area contributed by atoms with Gasteiger partial charge in [0.15, 0.2) is 0 Å². The third-order valence-electron chi connectivity index (χ3n) is 4.27. The van der Waals surface area contributed by atoms with E-state index in [0.717, 1.165) is 52.0 Å². The highest BCUT2D eigenvalue weighted by atomic mass is 79.9. The van der Waals surface area contributed by atoms with Gasteiger partial charge in [-0.1, -0.05) is 0 Å². The predicted octanol–water partition coefficient (Wildman–Crippen LogP) is 3.45. The summed E-state index contributed by atoms with van der Waals surface area (Å²) in [5, 5.41) is 3.00. The number of piperazine rings is 1. The minimum atomic E-state index is -0.0103. The van der Waals surface area contributed by atoms with Gasteiger partial charge in [0.25, 0.3) is 0 Å². The minimum Gasteiger partial charge on any atom is -0.495 e. The molecule has 2 aromatic rings. The van der Waals surface area contributed by atoms with E-state index in [-0.39, 0.29) is 5.91 Å². The summed E-state index contributed by atoms with van der Waals surface area (Å²) in [7, 11) is 3.82. The first-order chi connectivity index (χ1) is 12.0. The van der Waals surface area contributed by atoms with E-state index in [4.69, 9.17) is 4.74 Å². The summed E-state index contributed by atoms with van der Waals surface area (Å²) < 4.78 is 6.55. The van der Waals surface area contributed by atoms with Crippen LogP contribution in [0.25, 0.3) is 0 Å². The zero-order chi connectivity index (χ0) is 17.8. The number of amides is 1. The van der Waals surface area contributed by atoms with Crippen molar-refractivity contribution in [3.05, 3.63) is 39.0 Å². The van der Waals surface area contributed by atoms with Crippen molar-refractivity contribution in [2.24, 2.45) is 0 Å². The summed E-state index contributed by atoms with van der Waals surface area (Å²) in [6.45, 7) is 3.95. The molecule has 1 aromatic carbocycles. The Kier molecular flexibility index (Phi) is 5.98. The van der Waals surface area contributed by atoms with Gasteiger partial charge in [0, 0.05) is 36.7 Å². The third-order valence-corrected chi connectivity index (χ3v) is 5.89. The molecule has 1 fully saturated rings. The van der Waals surface area contributed by atoms with Gasteiger partial charge in [0.2, 0.25) is 5.91 Å². The summed E-state index contributed by atoms with van der Waals surface area (Å²) in [5.41, 5.74) is 1.84. The number of methoxy groups -OCH3 is 1. The lowest BCUT2D eigenvalue weighted by molar-refractivity contribution is -0.115. The maximum atomic E-state index is 12.3. The van der Waals surface area contributed by atoms with E-state index in [2.05, 4.69) is 38.1 Å². The highest BCUT2D eigenvalue weighted by Crippen LogP contribution is 2.32. The van der Waals surface area contributed by atoms with Crippen molar-refractivity contribution in [3.8, 4) is 5.75 Å². The van der Waals surface area contributed by atoms with Crippen molar-refractivity contribution in [2.45, 2.75) is 6.42 Å². The molecule has 0 atom stereocenters. The van der Waals surface area contributed by atoms with Crippen LogP contribution in [-0.4, -0.2) is 51.1 Å². The third kappa shape index (κ3) is 4.74. The van der Waals surface area contributed by atoms with Gasteiger partial charge in [-0.3, -0.25) is 4.79 Å². The number of thiophene rings is 1. The first-order valence-electron chi connectivity index (χ1n) is 8.21. The van der Waals surface area contributed by atoms with Crippen molar-refractivity contribution in [1.29, 1.82) is 0 Å². The average Bonchev–Trinajstić information content (AvgIpc) is 3.00. The van der Waals surface area contributed by atoms with Gasteiger partial charge in [-0.05, 0) is 53.3 Å². The van der Waals surface area contributed by atoms with Gasteiger partial charge in [-0.15, -0.1) is 11.3 Å². The van der Waals surface area contributed by atoms with Crippen molar-refractivity contribution in [2.75, 3.05) is 50.6 Å². The molecule has 1 aromatic heterocycles. The number of nitrogens with zero attached hydrogens (tertiary/aromatic N) is 2. The first kappa shape index (κ1) is 18.2. The molecule has 5 nitrogen and oxygen atoms in total. The number of rotatable bonds is 5. The normalized spacial score (nSPS) is 15.2. The van der Waals surface area contributed by atoms with Crippen LogP contribution >= 0.6 is 27.3 Å². The fourth-order valence-electron chi connectivity index (χ4n) is 2.87. The number of hydrogen-bond acceptors (Lipinski definition) is 5. The number of likely N-dealkylation sites (N-methyl/N-ethyl adjacent to an activating group) is 1. The molecule has 0 saturated carbocycles. The highest BCUT2D eigenvalue weighted by molar-refractivity contribution is 9.11. The zero-order valence-electron chi connectivity index (χ0n) is 14.4. The van der Waals surface area contributed by atoms with E-state index < -0.39 is 0 Å². The molecule has 3 rings (SSSR count). The number of halogens is 1. The molecular formula is C18H22BrN3O2S. The molecule has 1 aliphatic heterocycles. The van der Waals surface area contributed by atoms with Crippen LogP contribution in [0.15, 0.2) is 34.1 Å². The van der Waals surface area contributed by atoms with Gasteiger partial charge in [-0.2, -0.15) is 0 Å². The van der Waals surface area contributed by atoms with Crippen LogP contribution in [0.5, 0.6) is 5.75 Å². The maximum Gasteiger partial charge on any atom is 0.229 e. The molecule has 0 unspecified atom stereocenters. The Labute approximate surface area is 160 Å². The van der Waals surface area contributed by atoms with E-state index in [1.807, 2.05) is 30.3 Å². The van der Waals surface area contributed by atoms with Crippen molar-refractivity contribution in [3.63, 3.8) is 0 Å².